The first kappa shape index (κ1) is 13.1. The number of thioether (sulfide) groups is 1. The summed E-state index contributed by atoms with van der Waals surface area (Å²) in [5.74, 6) is 0.849. The summed E-state index contributed by atoms with van der Waals surface area (Å²) in [6.07, 6.45) is 0.196. The number of hydrogen-bond acceptors (Lipinski definition) is 2. The maximum Gasteiger partial charge on any atom is 0.304 e. The van der Waals surface area contributed by atoms with Crippen LogP contribution in [-0.2, 0) is 4.79 Å². The normalized spacial score (nSPS) is 12.7. The smallest absolute Gasteiger partial charge is 0.304 e. The molecule has 1 unspecified atom stereocenters. The van der Waals surface area contributed by atoms with Gasteiger partial charge in [0.1, 0.15) is 0 Å². The highest BCUT2D eigenvalue weighted by Gasteiger charge is 2.16. The van der Waals surface area contributed by atoms with Gasteiger partial charge in [0.2, 0.25) is 0 Å². The summed E-state index contributed by atoms with van der Waals surface area (Å²) in [6, 6.07) is 9.87. The van der Waals surface area contributed by atoms with Crippen molar-refractivity contribution in [2.75, 3.05) is 5.75 Å². The minimum absolute atomic E-state index is 0.0705. The van der Waals surface area contributed by atoms with Crippen LogP contribution in [0.25, 0.3) is 0 Å². The van der Waals surface area contributed by atoms with Gasteiger partial charge >= 0.3 is 5.97 Å². The fraction of sp³-hybridized carbons (Fsp3) is 0.462. The van der Waals surface area contributed by atoms with Gasteiger partial charge in [0.25, 0.3) is 0 Å². The Kier molecular flexibility index (Phi) is 5.39. The molecule has 0 aromatic heterocycles. The van der Waals surface area contributed by atoms with Crippen LogP contribution in [0.1, 0.15) is 31.1 Å². The quantitative estimate of drug-likeness (QED) is 0.823. The molecule has 0 saturated heterocycles. The van der Waals surface area contributed by atoms with Crippen LogP contribution in [-0.4, -0.2) is 16.8 Å². The average Bonchev–Trinajstić information content (AvgIpc) is 2.25. The van der Waals surface area contributed by atoms with E-state index in [2.05, 4.69) is 13.8 Å². The standard InChI is InChI=1S/C13H18O2S/c1-10(2)9-16-12(8-13(14)15)11-6-4-3-5-7-11/h3-7,10,12H,8-9H2,1-2H3,(H,14,15). The molecule has 1 aromatic rings. The van der Waals surface area contributed by atoms with Gasteiger partial charge < -0.3 is 5.11 Å². The number of carboxylic acids is 1. The van der Waals surface area contributed by atoms with Crippen LogP contribution in [0.2, 0.25) is 0 Å². The Morgan fingerprint density at radius 2 is 1.94 bits per heavy atom. The predicted molar refractivity (Wildman–Crippen MR) is 68.7 cm³/mol. The molecule has 2 nitrogen and oxygen atoms in total. The predicted octanol–water partition coefficient (Wildman–Crippen LogP) is 3.59. The Bertz CT molecular complexity index is 322. The van der Waals surface area contributed by atoms with Gasteiger partial charge in [0.15, 0.2) is 0 Å². The maximum absolute atomic E-state index is 10.8. The zero-order valence-corrected chi connectivity index (χ0v) is 10.5. The van der Waals surface area contributed by atoms with Crippen molar-refractivity contribution in [3.8, 4) is 0 Å². The largest absolute Gasteiger partial charge is 0.481 e. The Morgan fingerprint density at radius 1 is 1.31 bits per heavy atom. The lowest BCUT2D eigenvalue weighted by Gasteiger charge is -2.16. The Balaban J connectivity index is 2.67. The summed E-state index contributed by atoms with van der Waals surface area (Å²) < 4.78 is 0. The van der Waals surface area contributed by atoms with Gasteiger partial charge in [-0.2, -0.15) is 11.8 Å². The van der Waals surface area contributed by atoms with E-state index in [1.807, 2.05) is 30.3 Å². The molecule has 0 radical (unpaired) electrons. The Labute approximate surface area is 101 Å². The molecule has 0 aliphatic heterocycles. The van der Waals surface area contributed by atoms with Gasteiger partial charge in [-0.15, -0.1) is 0 Å². The van der Waals surface area contributed by atoms with E-state index in [0.29, 0.717) is 5.92 Å². The molecule has 0 saturated carbocycles. The summed E-state index contributed by atoms with van der Waals surface area (Å²) in [4.78, 5) is 10.8. The van der Waals surface area contributed by atoms with E-state index in [9.17, 15) is 4.79 Å². The van der Waals surface area contributed by atoms with E-state index in [0.717, 1.165) is 11.3 Å². The van der Waals surface area contributed by atoms with Crippen molar-refractivity contribution in [1.29, 1.82) is 0 Å². The molecule has 1 rings (SSSR count). The summed E-state index contributed by atoms with van der Waals surface area (Å²) >= 11 is 1.73. The van der Waals surface area contributed by atoms with Crippen LogP contribution in [0.4, 0.5) is 0 Å². The van der Waals surface area contributed by atoms with Gasteiger partial charge in [0.05, 0.1) is 6.42 Å². The molecule has 0 fully saturated rings. The lowest BCUT2D eigenvalue weighted by atomic mass is 10.1. The van der Waals surface area contributed by atoms with Crippen molar-refractivity contribution in [2.24, 2.45) is 5.92 Å². The molecular weight excluding hydrogens is 220 g/mol. The van der Waals surface area contributed by atoms with Crippen LogP contribution in [0, 0.1) is 5.92 Å². The molecule has 0 heterocycles. The molecule has 0 aliphatic rings. The minimum atomic E-state index is -0.731. The van der Waals surface area contributed by atoms with Crippen molar-refractivity contribution in [3.63, 3.8) is 0 Å². The van der Waals surface area contributed by atoms with Crippen LogP contribution in [0.15, 0.2) is 30.3 Å². The summed E-state index contributed by atoms with van der Waals surface area (Å²) in [5, 5.41) is 8.97. The second kappa shape index (κ2) is 6.59. The SMILES string of the molecule is CC(C)CSC(CC(=O)O)c1ccccc1. The van der Waals surface area contributed by atoms with Gasteiger partial charge in [-0.3, -0.25) is 4.79 Å². The van der Waals surface area contributed by atoms with Crippen molar-refractivity contribution in [3.05, 3.63) is 35.9 Å². The molecular formula is C13H18O2S. The van der Waals surface area contributed by atoms with E-state index in [-0.39, 0.29) is 11.7 Å². The van der Waals surface area contributed by atoms with Crippen LogP contribution in [0.3, 0.4) is 0 Å². The maximum atomic E-state index is 10.8. The number of aliphatic carboxylic acids is 1. The Morgan fingerprint density at radius 3 is 2.44 bits per heavy atom. The molecule has 1 aromatic carbocycles. The Hall–Kier alpha value is -0.960. The minimum Gasteiger partial charge on any atom is -0.481 e. The second-order valence-corrected chi connectivity index (χ2v) is 5.46. The lowest BCUT2D eigenvalue weighted by molar-refractivity contribution is -0.137. The first-order valence-corrected chi connectivity index (χ1v) is 6.52. The van der Waals surface area contributed by atoms with Crippen molar-refractivity contribution in [1.82, 2.24) is 0 Å². The molecule has 0 bridgehead atoms. The van der Waals surface area contributed by atoms with Crippen LogP contribution < -0.4 is 0 Å². The number of carboxylic acid groups (broad SMARTS) is 1. The highest BCUT2D eigenvalue weighted by atomic mass is 32.2. The van der Waals surface area contributed by atoms with Gasteiger partial charge in [-0.1, -0.05) is 44.2 Å². The summed E-state index contributed by atoms with van der Waals surface area (Å²) in [5.41, 5.74) is 1.11. The topological polar surface area (TPSA) is 37.3 Å². The monoisotopic (exact) mass is 238 g/mol. The highest BCUT2D eigenvalue weighted by Crippen LogP contribution is 2.33. The van der Waals surface area contributed by atoms with Crippen molar-refractivity contribution >= 4 is 17.7 Å². The van der Waals surface area contributed by atoms with Crippen LogP contribution in [0.5, 0.6) is 0 Å². The molecule has 1 N–H and O–H groups in total. The van der Waals surface area contributed by atoms with E-state index >= 15 is 0 Å². The fourth-order valence-corrected chi connectivity index (χ4v) is 2.64. The van der Waals surface area contributed by atoms with E-state index in [1.165, 1.54) is 0 Å². The third-order valence-electron chi connectivity index (χ3n) is 2.16. The van der Waals surface area contributed by atoms with E-state index < -0.39 is 5.97 Å². The molecule has 0 aliphatic carbocycles. The zero-order valence-electron chi connectivity index (χ0n) is 9.72. The third kappa shape index (κ3) is 4.71. The van der Waals surface area contributed by atoms with E-state index in [4.69, 9.17) is 5.11 Å². The zero-order chi connectivity index (χ0) is 12.0. The first-order valence-electron chi connectivity index (χ1n) is 5.48. The number of benzene rings is 1. The molecule has 3 heteroatoms. The van der Waals surface area contributed by atoms with Crippen LogP contribution >= 0.6 is 11.8 Å². The fourth-order valence-electron chi connectivity index (χ4n) is 1.41. The van der Waals surface area contributed by atoms with Gasteiger partial charge in [0, 0.05) is 5.25 Å². The summed E-state index contributed by atoms with van der Waals surface area (Å²) in [7, 11) is 0. The highest BCUT2D eigenvalue weighted by molar-refractivity contribution is 7.99. The number of carbonyl (C=O) groups is 1. The van der Waals surface area contributed by atoms with Gasteiger partial charge in [-0.05, 0) is 17.2 Å². The van der Waals surface area contributed by atoms with Crippen molar-refractivity contribution < 1.29 is 9.90 Å². The second-order valence-electron chi connectivity index (χ2n) is 4.22. The third-order valence-corrected chi connectivity index (χ3v) is 3.86. The molecule has 0 spiro atoms. The summed E-state index contributed by atoms with van der Waals surface area (Å²) in [6.45, 7) is 4.30. The molecule has 16 heavy (non-hydrogen) atoms. The number of rotatable bonds is 6. The first-order chi connectivity index (χ1) is 7.59. The molecule has 88 valence electrons. The molecule has 0 amide bonds. The van der Waals surface area contributed by atoms with E-state index in [1.54, 1.807) is 11.8 Å². The molecule has 1 atom stereocenters. The number of hydrogen-bond donors (Lipinski definition) is 1. The average molecular weight is 238 g/mol. The van der Waals surface area contributed by atoms with Crippen molar-refractivity contribution in [2.45, 2.75) is 25.5 Å². The lowest BCUT2D eigenvalue weighted by Crippen LogP contribution is -2.05. The van der Waals surface area contributed by atoms with Gasteiger partial charge in [-0.25, -0.2) is 0 Å².